The van der Waals surface area contributed by atoms with Gasteiger partial charge in [0.15, 0.2) is 5.96 Å². The number of nitrogens with one attached hydrogen (secondary N) is 3. The number of aliphatic imine (C=N–C) groups is 1. The Morgan fingerprint density at radius 3 is 2.96 bits per heavy atom. The molecule has 0 saturated carbocycles. The second kappa shape index (κ2) is 10.8. The standard InChI is InChI=1S/C20H29N7S/c1-3-19-26-25-15-27(19)12-10-22-20(23-11-13-28-2)21-9-8-16-14-24-18-7-5-4-6-17(16)18/h4-7,14-15,24H,3,8-13H2,1-2H3,(H2,21,22,23). The largest absolute Gasteiger partial charge is 0.361 e. The van der Waals surface area contributed by atoms with Crippen molar-refractivity contribution in [1.29, 1.82) is 0 Å². The Morgan fingerprint density at radius 2 is 2.11 bits per heavy atom. The van der Waals surface area contributed by atoms with Crippen molar-refractivity contribution in [2.75, 3.05) is 31.6 Å². The van der Waals surface area contributed by atoms with Crippen molar-refractivity contribution in [2.24, 2.45) is 4.99 Å². The number of para-hydroxylation sites is 1. The first-order valence-electron chi connectivity index (χ1n) is 9.74. The van der Waals surface area contributed by atoms with Crippen molar-refractivity contribution in [3.63, 3.8) is 0 Å². The molecule has 0 atom stereocenters. The van der Waals surface area contributed by atoms with E-state index in [1.54, 1.807) is 18.1 Å². The van der Waals surface area contributed by atoms with Crippen LogP contribution in [0.3, 0.4) is 0 Å². The van der Waals surface area contributed by atoms with Crippen LogP contribution in [0.15, 0.2) is 41.8 Å². The molecular weight excluding hydrogens is 370 g/mol. The smallest absolute Gasteiger partial charge is 0.191 e. The number of guanidine groups is 1. The summed E-state index contributed by atoms with van der Waals surface area (Å²) >= 11 is 1.81. The molecule has 0 aliphatic heterocycles. The molecule has 7 nitrogen and oxygen atoms in total. The molecule has 28 heavy (non-hydrogen) atoms. The summed E-state index contributed by atoms with van der Waals surface area (Å²) in [5.74, 6) is 2.88. The Hall–Kier alpha value is -2.48. The third-order valence-corrected chi connectivity index (χ3v) is 5.17. The maximum absolute atomic E-state index is 4.68. The molecule has 0 amide bonds. The maximum Gasteiger partial charge on any atom is 0.191 e. The second-order valence-corrected chi connectivity index (χ2v) is 7.47. The van der Waals surface area contributed by atoms with E-state index in [0.29, 0.717) is 0 Å². The molecule has 0 aliphatic carbocycles. The lowest BCUT2D eigenvalue weighted by Gasteiger charge is -2.13. The van der Waals surface area contributed by atoms with Crippen LogP contribution in [0, 0.1) is 0 Å². The van der Waals surface area contributed by atoms with Crippen molar-refractivity contribution >= 4 is 28.6 Å². The van der Waals surface area contributed by atoms with E-state index in [1.807, 2.05) is 0 Å². The number of aromatic nitrogens is 4. The van der Waals surface area contributed by atoms with Gasteiger partial charge in [0.05, 0.1) is 6.54 Å². The number of rotatable bonds is 10. The highest BCUT2D eigenvalue weighted by molar-refractivity contribution is 7.98. The lowest BCUT2D eigenvalue weighted by Crippen LogP contribution is -2.40. The van der Waals surface area contributed by atoms with E-state index >= 15 is 0 Å². The van der Waals surface area contributed by atoms with E-state index in [2.05, 4.69) is 79.0 Å². The minimum absolute atomic E-state index is 0.781. The summed E-state index contributed by atoms with van der Waals surface area (Å²) in [6, 6.07) is 8.41. The summed E-state index contributed by atoms with van der Waals surface area (Å²) in [6.45, 7) is 5.33. The van der Waals surface area contributed by atoms with Crippen LogP contribution < -0.4 is 10.6 Å². The van der Waals surface area contributed by atoms with Crippen molar-refractivity contribution in [1.82, 2.24) is 30.4 Å². The predicted octanol–water partition coefficient (Wildman–Crippen LogP) is 2.46. The molecule has 3 rings (SSSR count). The molecule has 0 saturated heterocycles. The minimum atomic E-state index is 0.781. The van der Waals surface area contributed by atoms with Gasteiger partial charge in [0.25, 0.3) is 0 Å². The van der Waals surface area contributed by atoms with Crippen LogP contribution in [0.5, 0.6) is 0 Å². The Labute approximate surface area is 170 Å². The first-order valence-corrected chi connectivity index (χ1v) is 11.1. The zero-order valence-electron chi connectivity index (χ0n) is 16.6. The number of H-pyrrole nitrogens is 1. The maximum atomic E-state index is 4.68. The summed E-state index contributed by atoms with van der Waals surface area (Å²) in [4.78, 5) is 8.02. The summed E-state index contributed by atoms with van der Waals surface area (Å²) in [5, 5.41) is 16.3. The first kappa shape index (κ1) is 20.3. The van der Waals surface area contributed by atoms with E-state index in [9.17, 15) is 0 Å². The number of aryl methyl sites for hydroxylation is 1. The number of hydrogen-bond acceptors (Lipinski definition) is 4. The fourth-order valence-corrected chi connectivity index (χ4v) is 3.39. The zero-order valence-corrected chi connectivity index (χ0v) is 17.4. The van der Waals surface area contributed by atoms with Gasteiger partial charge in [0.1, 0.15) is 12.2 Å². The minimum Gasteiger partial charge on any atom is -0.361 e. The molecule has 2 heterocycles. The van der Waals surface area contributed by atoms with E-state index in [1.165, 1.54) is 16.5 Å². The molecule has 3 aromatic rings. The SMILES string of the molecule is CCc1nncn1CCNC(=NCCSC)NCCc1c[nH]c2ccccc12. The van der Waals surface area contributed by atoms with Gasteiger partial charge in [-0.1, -0.05) is 25.1 Å². The molecule has 3 N–H and O–H groups in total. The number of hydrogen-bond donors (Lipinski definition) is 3. The molecule has 150 valence electrons. The monoisotopic (exact) mass is 399 g/mol. The molecule has 8 heteroatoms. The fourth-order valence-electron chi connectivity index (χ4n) is 3.11. The van der Waals surface area contributed by atoms with Gasteiger partial charge < -0.3 is 20.2 Å². The average Bonchev–Trinajstić information content (AvgIpc) is 3.34. The molecule has 0 unspecified atom stereocenters. The second-order valence-electron chi connectivity index (χ2n) is 6.48. The number of nitrogens with zero attached hydrogens (tertiary/aromatic N) is 4. The van der Waals surface area contributed by atoms with Crippen LogP contribution in [0.4, 0.5) is 0 Å². The van der Waals surface area contributed by atoms with Crippen LogP contribution in [0.25, 0.3) is 10.9 Å². The van der Waals surface area contributed by atoms with Crippen molar-refractivity contribution in [3.8, 4) is 0 Å². The number of benzene rings is 1. The van der Waals surface area contributed by atoms with Gasteiger partial charge in [-0.25, -0.2) is 0 Å². The third kappa shape index (κ3) is 5.51. The molecule has 2 aromatic heterocycles. The fraction of sp³-hybridized carbons (Fsp3) is 0.450. The highest BCUT2D eigenvalue weighted by atomic mass is 32.2. The van der Waals surface area contributed by atoms with Gasteiger partial charge >= 0.3 is 0 Å². The summed E-state index contributed by atoms with van der Waals surface area (Å²) in [6.07, 6.45) is 7.82. The molecule has 0 radical (unpaired) electrons. The van der Waals surface area contributed by atoms with Crippen LogP contribution in [-0.2, 0) is 19.4 Å². The Bertz CT molecular complexity index is 883. The van der Waals surface area contributed by atoms with Gasteiger partial charge in [-0.15, -0.1) is 10.2 Å². The van der Waals surface area contributed by atoms with Gasteiger partial charge in [-0.2, -0.15) is 11.8 Å². The zero-order chi connectivity index (χ0) is 19.6. The van der Waals surface area contributed by atoms with Gasteiger partial charge in [0.2, 0.25) is 0 Å². The molecule has 0 spiro atoms. The lowest BCUT2D eigenvalue weighted by molar-refractivity contribution is 0.632. The highest BCUT2D eigenvalue weighted by Crippen LogP contribution is 2.17. The predicted molar refractivity (Wildman–Crippen MR) is 118 cm³/mol. The lowest BCUT2D eigenvalue weighted by atomic mass is 10.1. The number of aromatic amines is 1. The summed E-state index contributed by atoms with van der Waals surface area (Å²) in [5.41, 5.74) is 2.51. The van der Waals surface area contributed by atoms with E-state index in [4.69, 9.17) is 0 Å². The van der Waals surface area contributed by atoms with Crippen molar-refractivity contribution in [2.45, 2.75) is 26.3 Å². The van der Waals surface area contributed by atoms with Crippen molar-refractivity contribution < 1.29 is 0 Å². The first-order chi connectivity index (χ1) is 13.8. The molecule has 0 aliphatic rings. The van der Waals surface area contributed by atoms with E-state index in [0.717, 1.165) is 56.6 Å². The summed E-state index contributed by atoms with van der Waals surface area (Å²) in [7, 11) is 0. The Morgan fingerprint density at radius 1 is 1.25 bits per heavy atom. The third-order valence-electron chi connectivity index (χ3n) is 4.58. The molecule has 0 fully saturated rings. The molecule has 0 bridgehead atoms. The van der Waals surface area contributed by atoms with E-state index < -0.39 is 0 Å². The normalized spacial score (nSPS) is 11.9. The average molecular weight is 400 g/mol. The Kier molecular flexibility index (Phi) is 7.78. The van der Waals surface area contributed by atoms with Crippen molar-refractivity contribution in [3.05, 3.63) is 48.2 Å². The van der Waals surface area contributed by atoms with Crippen LogP contribution >= 0.6 is 11.8 Å². The van der Waals surface area contributed by atoms with Crippen LogP contribution in [-0.4, -0.2) is 57.4 Å². The van der Waals surface area contributed by atoms with Crippen LogP contribution in [0.1, 0.15) is 18.3 Å². The molecule has 1 aromatic carbocycles. The summed E-state index contributed by atoms with van der Waals surface area (Å²) < 4.78 is 2.08. The quantitative estimate of drug-likeness (QED) is 0.277. The highest BCUT2D eigenvalue weighted by Gasteiger charge is 2.05. The topological polar surface area (TPSA) is 82.9 Å². The van der Waals surface area contributed by atoms with Crippen LogP contribution in [0.2, 0.25) is 0 Å². The van der Waals surface area contributed by atoms with Gasteiger partial charge in [-0.3, -0.25) is 4.99 Å². The molecular formula is C20H29N7S. The number of thioether (sulfide) groups is 1. The van der Waals surface area contributed by atoms with Gasteiger partial charge in [0, 0.05) is 48.9 Å². The number of fused-ring (bicyclic) bond motifs is 1. The Balaban J connectivity index is 1.51. The van der Waals surface area contributed by atoms with E-state index in [-0.39, 0.29) is 0 Å². The van der Waals surface area contributed by atoms with Gasteiger partial charge in [-0.05, 0) is 24.3 Å².